The highest BCUT2D eigenvalue weighted by molar-refractivity contribution is 6.32. The van der Waals surface area contributed by atoms with Crippen LogP contribution in [0.1, 0.15) is 10.4 Å². The van der Waals surface area contributed by atoms with E-state index in [-0.39, 0.29) is 5.91 Å². The van der Waals surface area contributed by atoms with Crippen LogP contribution in [0.3, 0.4) is 0 Å². The molecule has 0 aliphatic carbocycles. The third-order valence-electron chi connectivity index (χ3n) is 6.30. The first kappa shape index (κ1) is 24.5. The zero-order valence-electron chi connectivity index (χ0n) is 20.9. The van der Waals surface area contributed by atoms with Crippen LogP contribution in [0.5, 0.6) is 17.2 Å². The Bertz CT molecular complexity index is 1670. The van der Waals surface area contributed by atoms with Crippen LogP contribution >= 0.6 is 11.6 Å². The van der Waals surface area contributed by atoms with Gasteiger partial charge in [0.2, 0.25) is 0 Å². The van der Waals surface area contributed by atoms with Gasteiger partial charge in [-0.2, -0.15) is 5.10 Å². The molecule has 6 rings (SSSR count). The van der Waals surface area contributed by atoms with E-state index < -0.39 is 0 Å². The number of fused-ring (bicyclic) bond motifs is 1. The number of benzene rings is 3. The second-order valence-electron chi connectivity index (χ2n) is 8.78. The van der Waals surface area contributed by atoms with Gasteiger partial charge in [0.05, 0.1) is 17.8 Å². The largest absolute Gasteiger partial charge is 0.495 e. The van der Waals surface area contributed by atoms with Crippen molar-refractivity contribution in [3.63, 3.8) is 0 Å². The molecule has 0 bridgehead atoms. The predicted octanol–water partition coefficient (Wildman–Crippen LogP) is 6.29. The van der Waals surface area contributed by atoms with Crippen molar-refractivity contribution in [1.29, 1.82) is 0 Å². The number of methoxy groups -OCH3 is 1. The van der Waals surface area contributed by atoms with E-state index in [4.69, 9.17) is 30.9 Å². The summed E-state index contributed by atoms with van der Waals surface area (Å²) in [4.78, 5) is 17.1. The molecule has 0 spiro atoms. The Morgan fingerprint density at radius 2 is 1.77 bits per heavy atom. The summed E-state index contributed by atoms with van der Waals surface area (Å²) in [6, 6.07) is 22.1. The number of anilines is 1. The van der Waals surface area contributed by atoms with Crippen LogP contribution in [0, 0.1) is 0 Å². The number of rotatable bonds is 6. The monoisotopic (exact) mass is 538 g/mol. The molecule has 0 radical (unpaired) electrons. The van der Waals surface area contributed by atoms with Crippen molar-refractivity contribution < 1.29 is 19.0 Å². The third-order valence-corrected chi connectivity index (χ3v) is 6.60. The van der Waals surface area contributed by atoms with Gasteiger partial charge in [-0.1, -0.05) is 17.7 Å². The molecule has 2 aromatic heterocycles. The Labute approximate surface area is 229 Å². The van der Waals surface area contributed by atoms with Crippen LogP contribution in [0.2, 0.25) is 5.02 Å². The smallest absolute Gasteiger partial charge is 0.255 e. The maximum atomic E-state index is 13.0. The van der Waals surface area contributed by atoms with Crippen molar-refractivity contribution in [2.24, 2.45) is 0 Å². The summed E-state index contributed by atoms with van der Waals surface area (Å²) in [5, 5.41) is 8.36. The number of hydrogen-bond acceptors (Lipinski definition) is 6. The fourth-order valence-electron chi connectivity index (χ4n) is 4.39. The Hall–Kier alpha value is -4.82. The molecule has 194 valence electrons. The number of nitrogens with zero attached hydrogens (tertiary/aromatic N) is 3. The first-order chi connectivity index (χ1) is 19.1. The van der Waals surface area contributed by atoms with Crippen molar-refractivity contribution in [1.82, 2.24) is 14.8 Å². The highest BCUT2D eigenvalue weighted by Crippen LogP contribution is 2.36. The summed E-state index contributed by atoms with van der Waals surface area (Å²) >= 11 is 6.44. The van der Waals surface area contributed by atoms with Gasteiger partial charge in [-0.15, -0.1) is 0 Å². The van der Waals surface area contributed by atoms with Crippen LogP contribution < -0.4 is 19.5 Å². The molecule has 0 atom stereocenters. The minimum absolute atomic E-state index is 0.254. The molecular weight excluding hydrogens is 516 g/mol. The Balaban J connectivity index is 1.33. The lowest BCUT2D eigenvalue weighted by molar-refractivity contribution is 0.102. The van der Waals surface area contributed by atoms with Crippen molar-refractivity contribution in [3.05, 3.63) is 102 Å². The zero-order valence-corrected chi connectivity index (χ0v) is 21.7. The Morgan fingerprint density at radius 1 is 0.949 bits per heavy atom. The number of carbonyl (C=O) groups excluding carboxylic acids is 1. The molecule has 39 heavy (non-hydrogen) atoms. The Kier molecular flexibility index (Phi) is 6.61. The highest BCUT2D eigenvalue weighted by Gasteiger charge is 2.18. The molecule has 0 unspecified atom stereocenters. The second-order valence-corrected chi connectivity index (χ2v) is 9.19. The summed E-state index contributed by atoms with van der Waals surface area (Å²) in [7, 11) is 1.58. The van der Waals surface area contributed by atoms with Crippen LogP contribution in [-0.4, -0.2) is 41.0 Å². The fraction of sp³-hybridized carbons (Fsp3) is 0.100. The average molecular weight is 539 g/mol. The third kappa shape index (κ3) is 5.02. The van der Waals surface area contributed by atoms with Gasteiger partial charge >= 0.3 is 0 Å². The lowest BCUT2D eigenvalue weighted by Gasteiger charge is -2.18. The number of pyridine rings is 1. The minimum atomic E-state index is -0.254. The molecule has 0 fully saturated rings. The summed E-state index contributed by atoms with van der Waals surface area (Å²) in [6.45, 7) is 0.949. The molecule has 1 N–H and O–H groups in total. The minimum Gasteiger partial charge on any atom is -0.495 e. The summed E-state index contributed by atoms with van der Waals surface area (Å²) in [6.07, 6.45) is 5.43. The number of aromatic nitrogens is 3. The van der Waals surface area contributed by atoms with Crippen LogP contribution in [0.25, 0.3) is 28.1 Å². The molecule has 5 aromatic rings. The number of ether oxygens (including phenoxy) is 3. The standard InChI is InChI=1S/C30H23ClN4O4/c1-37-26-7-5-20(15-25(26)31)29-24(19-9-11-32-12-10-19)18-35(34-29)23-4-2-3-22(17-23)33-30(36)21-6-8-27-28(16-21)39-14-13-38-27/h2-12,15-18H,13-14H2,1H3,(H,33,36). The molecule has 3 aromatic carbocycles. The van der Waals surface area contributed by atoms with E-state index in [0.717, 1.165) is 28.1 Å². The predicted molar refractivity (Wildman–Crippen MR) is 149 cm³/mol. The molecule has 3 heterocycles. The van der Waals surface area contributed by atoms with Crippen LogP contribution in [0.4, 0.5) is 5.69 Å². The Morgan fingerprint density at radius 3 is 2.56 bits per heavy atom. The zero-order chi connectivity index (χ0) is 26.8. The molecule has 1 aliphatic heterocycles. The molecular formula is C30H23ClN4O4. The van der Waals surface area contributed by atoms with Gasteiger partial charge in [0.25, 0.3) is 5.91 Å². The second kappa shape index (κ2) is 10.5. The lowest BCUT2D eigenvalue weighted by atomic mass is 10.0. The van der Waals surface area contributed by atoms with E-state index in [9.17, 15) is 4.79 Å². The molecule has 1 amide bonds. The molecule has 1 aliphatic rings. The van der Waals surface area contributed by atoms with Gasteiger partial charge in [0.1, 0.15) is 24.7 Å². The highest BCUT2D eigenvalue weighted by atomic mass is 35.5. The molecule has 0 saturated heterocycles. The normalized spacial score (nSPS) is 12.2. The van der Waals surface area contributed by atoms with Crippen molar-refractivity contribution >= 4 is 23.2 Å². The van der Waals surface area contributed by atoms with Gasteiger partial charge < -0.3 is 19.5 Å². The molecule has 9 heteroatoms. The van der Waals surface area contributed by atoms with Gasteiger partial charge in [-0.05, 0) is 72.3 Å². The van der Waals surface area contributed by atoms with E-state index in [1.807, 2.05) is 60.8 Å². The molecule has 0 saturated carbocycles. The van der Waals surface area contributed by atoms with E-state index in [0.29, 0.717) is 46.7 Å². The van der Waals surface area contributed by atoms with Crippen molar-refractivity contribution in [2.75, 3.05) is 25.6 Å². The van der Waals surface area contributed by atoms with Gasteiger partial charge in [-0.3, -0.25) is 9.78 Å². The van der Waals surface area contributed by atoms with E-state index >= 15 is 0 Å². The first-order valence-electron chi connectivity index (χ1n) is 12.2. The number of halogens is 1. The van der Waals surface area contributed by atoms with E-state index in [2.05, 4.69) is 10.3 Å². The quantitative estimate of drug-likeness (QED) is 0.273. The summed E-state index contributed by atoms with van der Waals surface area (Å²) in [5.41, 5.74) is 5.33. The first-order valence-corrected chi connectivity index (χ1v) is 12.6. The van der Waals surface area contributed by atoms with Gasteiger partial charge in [-0.25, -0.2) is 4.68 Å². The van der Waals surface area contributed by atoms with E-state index in [1.165, 1.54) is 0 Å². The average Bonchev–Trinajstić information content (AvgIpc) is 3.43. The number of carbonyl (C=O) groups is 1. The number of nitrogens with one attached hydrogen (secondary N) is 1. The van der Waals surface area contributed by atoms with Crippen LogP contribution in [-0.2, 0) is 0 Å². The van der Waals surface area contributed by atoms with Crippen molar-refractivity contribution in [3.8, 4) is 45.3 Å². The topological polar surface area (TPSA) is 87.5 Å². The van der Waals surface area contributed by atoms with Gasteiger partial charge in [0, 0.05) is 41.0 Å². The fourth-order valence-corrected chi connectivity index (χ4v) is 4.65. The van der Waals surface area contributed by atoms with Crippen LogP contribution in [0.15, 0.2) is 91.4 Å². The number of hydrogen-bond donors (Lipinski definition) is 1. The summed E-state index contributed by atoms with van der Waals surface area (Å²) < 4.78 is 18.3. The maximum absolute atomic E-state index is 13.0. The van der Waals surface area contributed by atoms with Gasteiger partial charge in [0.15, 0.2) is 11.5 Å². The lowest BCUT2D eigenvalue weighted by Crippen LogP contribution is -2.17. The van der Waals surface area contributed by atoms with E-state index in [1.54, 1.807) is 42.4 Å². The number of amides is 1. The maximum Gasteiger partial charge on any atom is 0.255 e. The molecule has 8 nitrogen and oxygen atoms in total. The summed E-state index contributed by atoms with van der Waals surface area (Å²) in [5.74, 6) is 1.54. The SMILES string of the molecule is COc1ccc(-c2nn(-c3cccc(NC(=O)c4ccc5c(c4)OCCO5)c3)cc2-c2ccncc2)cc1Cl. The van der Waals surface area contributed by atoms with Crippen molar-refractivity contribution in [2.45, 2.75) is 0 Å².